The van der Waals surface area contributed by atoms with E-state index in [1.807, 2.05) is 0 Å². The minimum Gasteiger partial charge on any atom is -0.388 e. The summed E-state index contributed by atoms with van der Waals surface area (Å²) >= 11 is 0. The Morgan fingerprint density at radius 3 is 2.76 bits per heavy atom. The van der Waals surface area contributed by atoms with Gasteiger partial charge < -0.3 is 31.0 Å². The van der Waals surface area contributed by atoms with Gasteiger partial charge in [-0.3, -0.25) is 9.78 Å². The lowest BCUT2D eigenvalue weighted by molar-refractivity contribution is 0.00368. The zero-order valence-electron chi connectivity index (χ0n) is 11.0. The molecule has 0 saturated carbocycles. The molecule has 4 atom stereocenters. The Morgan fingerprint density at radius 2 is 2.10 bits per heavy atom. The van der Waals surface area contributed by atoms with Gasteiger partial charge in [-0.05, 0) is 0 Å². The number of aromatic nitrogens is 4. The van der Waals surface area contributed by atoms with Crippen molar-refractivity contribution in [2.45, 2.75) is 31.0 Å². The summed E-state index contributed by atoms with van der Waals surface area (Å²) in [5.74, 6) is -0.0259. The van der Waals surface area contributed by atoms with Gasteiger partial charge in [0.25, 0.3) is 5.56 Å². The maximum Gasteiger partial charge on any atom is 0.280 e. The molecule has 4 unspecified atom stereocenters. The van der Waals surface area contributed by atoms with E-state index >= 15 is 0 Å². The highest BCUT2D eigenvalue weighted by molar-refractivity contribution is 5.70. The molecular weight excluding hydrogens is 280 g/mol. The number of nitrogens with one attached hydrogen (secondary N) is 1. The highest BCUT2D eigenvalue weighted by atomic mass is 16.5. The van der Waals surface area contributed by atoms with Gasteiger partial charge in [0.2, 0.25) is 5.95 Å². The number of hydrogen-bond donors (Lipinski definition) is 5. The summed E-state index contributed by atoms with van der Waals surface area (Å²) in [4.78, 5) is 22.0. The Morgan fingerprint density at radius 1 is 1.38 bits per heavy atom. The second-order valence-corrected chi connectivity index (χ2v) is 4.95. The average Bonchev–Trinajstić information content (AvgIpc) is 2.96. The average molecular weight is 296 g/mol. The Labute approximate surface area is 118 Å². The largest absolute Gasteiger partial charge is 0.388 e. The Balaban J connectivity index is 1.91. The molecule has 0 radical (unpaired) electrons. The van der Waals surface area contributed by atoms with E-state index in [0.717, 1.165) is 0 Å². The zero-order chi connectivity index (χ0) is 15.1. The van der Waals surface area contributed by atoms with Gasteiger partial charge in [0.05, 0.1) is 19.0 Å². The number of rotatable bonds is 3. The second-order valence-electron chi connectivity index (χ2n) is 4.95. The lowest BCUT2D eigenvalue weighted by atomic mass is 10.1. The van der Waals surface area contributed by atoms with Gasteiger partial charge in [0.15, 0.2) is 11.2 Å². The van der Waals surface area contributed by atoms with Crippen molar-refractivity contribution in [1.29, 1.82) is 0 Å². The molecule has 0 bridgehead atoms. The first-order chi connectivity index (χ1) is 10.0. The number of hydrogen-bond acceptors (Lipinski definition) is 8. The van der Waals surface area contributed by atoms with Gasteiger partial charge in [0, 0.05) is 6.54 Å². The predicted molar refractivity (Wildman–Crippen MR) is 72.3 cm³/mol. The van der Waals surface area contributed by atoms with Crippen molar-refractivity contribution >= 4 is 17.1 Å². The first-order valence-corrected chi connectivity index (χ1v) is 6.43. The van der Waals surface area contributed by atoms with Crippen LogP contribution in [-0.2, 0) is 11.3 Å². The summed E-state index contributed by atoms with van der Waals surface area (Å²) < 4.78 is 7.04. The van der Waals surface area contributed by atoms with Crippen LogP contribution in [0.15, 0.2) is 11.1 Å². The van der Waals surface area contributed by atoms with Crippen molar-refractivity contribution in [1.82, 2.24) is 19.5 Å². The Bertz CT molecular complexity index is 712. The fourth-order valence-corrected chi connectivity index (χ4v) is 2.47. The summed E-state index contributed by atoms with van der Waals surface area (Å²) in [6, 6.07) is 0. The topological polar surface area (TPSA) is 165 Å². The van der Waals surface area contributed by atoms with Crippen LogP contribution in [0.1, 0.15) is 0 Å². The van der Waals surface area contributed by atoms with Crippen LogP contribution in [0.2, 0.25) is 0 Å². The number of nitrogen functional groups attached to an aromatic ring is 1. The standard InChI is InChI=1S/C11H16N6O4/c12-1-4-7(18)8(19)5(21-4)2-17-3-14-6-9(17)15-11(13)16-10(6)20/h3-5,7-8,18-19H,1-2,12H2,(H3,13,15,16,20). The van der Waals surface area contributed by atoms with Gasteiger partial charge in [-0.25, -0.2) is 4.98 Å². The third kappa shape index (κ3) is 2.27. The minimum atomic E-state index is -1.07. The van der Waals surface area contributed by atoms with Crippen molar-refractivity contribution in [2.75, 3.05) is 12.3 Å². The SMILES string of the molecule is NCC1OC(Cn2cnc3c(=O)[nH]c(N)nc32)C(O)C1O. The molecule has 0 aliphatic carbocycles. The van der Waals surface area contributed by atoms with E-state index in [0.29, 0.717) is 0 Å². The van der Waals surface area contributed by atoms with E-state index in [9.17, 15) is 15.0 Å². The van der Waals surface area contributed by atoms with Crippen molar-refractivity contribution in [3.05, 3.63) is 16.7 Å². The minimum absolute atomic E-state index is 0.0259. The van der Waals surface area contributed by atoms with Crippen molar-refractivity contribution < 1.29 is 14.9 Å². The van der Waals surface area contributed by atoms with Crippen molar-refractivity contribution in [3.63, 3.8) is 0 Å². The first-order valence-electron chi connectivity index (χ1n) is 6.43. The molecule has 1 fully saturated rings. The van der Waals surface area contributed by atoms with Crippen LogP contribution < -0.4 is 17.0 Å². The van der Waals surface area contributed by atoms with Crippen LogP contribution in [0, 0.1) is 0 Å². The number of imidazole rings is 1. The van der Waals surface area contributed by atoms with Crippen LogP contribution >= 0.6 is 0 Å². The Hall–Kier alpha value is -2.01. The van der Waals surface area contributed by atoms with E-state index in [4.69, 9.17) is 16.2 Å². The Kier molecular flexibility index (Phi) is 3.37. The smallest absolute Gasteiger partial charge is 0.280 e. The molecule has 1 aliphatic rings. The maximum absolute atomic E-state index is 11.7. The number of fused-ring (bicyclic) bond motifs is 1. The molecular formula is C11H16N6O4. The van der Waals surface area contributed by atoms with Crippen LogP contribution in [0.5, 0.6) is 0 Å². The van der Waals surface area contributed by atoms with Crippen LogP contribution in [0.3, 0.4) is 0 Å². The number of H-pyrrole nitrogens is 1. The molecule has 1 saturated heterocycles. The zero-order valence-corrected chi connectivity index (χ0v) is 11.0. The molecule has 1 aliphatic heterocycles. The third-order valence-electron chi connectivity index (χ3n) is 3.56. The highest BCUT2D eigenvalue weighted by Gasteiger charge is 2.42. The first kappa shape index (κ1) is 13.9. The summed E-state index contributed by atoms with van der Waals surface area (Å²) in [5, 5.41) is 19.7. The van der Waals surface area contributed by atoms with Gasteiger partial charge in [-0.15, -0.1) is 0 Å². The molecule has 10 heteroatoms. The quantitative estimate of drug-likeness (QED) is 0.403. The number of aliphatic hydroxyl groups is 2. The number of anilines is 1. The predicted octanol–water partition coefficient (Wildman–Crippen LogP) is -2.85. The lowest BCUT2D eigenvalue weighted by Crippen LogP contribution is -2.36. The third-order valence-corrected chi connectivity index (χ3v) is 3.56. The van der Waals surface area contributed by atoms with E-state index in [2.05, 4.69) is 15.0 Å². The van der Waals surface area contributed by atoms with E-state index in [1.54, 1.807) is 4.57 Å². The lowest BCUT2D eigenvalue weighted by Gasteiger charge is -2.15. The second kappa shape index (κ2) is 5.07. The highest BCUT2D eigenvalue weighted by Crippen LogP contribution is 2.22. The van der Waals surface area contributed by atoms with Gasteiger partial charge in [0.1, 0.15) is 18.3 Å². The van der Waals surface area contributed by atoms with Gasteiger partial charge in [-0.1, -0.05) is 0 Å². The summed E-state index contributed by atoms with van der Waals surface area (Å²) in [6.45, 7) is 0.269. The molecule has 2 aromatic rings. The van der Waals surface area contributed by atoms with E-state index < -0.39 is 30.0 Å². The van der Waals surface area contributed by atoms with Crippen molar-refractivity contribution in [2.24, 2.45) is 5.73 Å². The van der Waals surface area contributed by atoms with Crippen molar-refractivity contribution in [3.8, 4) is 0 Å². The molecule has 2 aromatic heterocycles. The monoisotopic (exact) mass is 296 g/mol. The van der Waals surface area contributed by atoms with Crippen LogP contribution in [0.25, 0.3) is 11.2 Å². The molecule has 3 rings (SSSR count). The fraction of sp³-hybridized carbons (Fsp3) is 0.545. The number of nitrogens with two attached hydrogens (primary N) is 2. The normalized spacial score (nSPS) is 29.3. The summed E-state index contributed by atoms with van der Waals surface area (Å²) in [7, 11) is 0. The number of aromatic amines is 1. The molecule has 10 nitrogen and oxygen atoms in total. The fourth-order valence-electron chi connectivity index (χ4n) is 2.47. The number of nitrogens with zero attached hydrogens (tertiary/aromatic N) is 3. The van der Waals surface area contributed by atoms with Gasteiger partial charge >= 0.3 is 0 Å². The molecule has 3 heterocycles. The molecule has 21 heavy (non-hydrogen) atoms. The van der Waals surface area contributed by atoms with E-state index in [-0.39, 0.29) is 30.2 Å². The van der Waals surface area contributed by atoms with E-state index in [1.165, 1.54) is 6.33 Å². The maximum atomic E-state index is 11.7. The number of aliphatic hydroxyl groups excluding tert-OH is 2. The van der Waals surface area contributed by atoms with Crippen LogP contribution in [-0.4, -0.2) is 60.7 Å². The molecule has 0 amide bonds. The van der Waals surface area contributed by atoms with Gasteiger partial charge in [-0.2, -0.15) is 4.98 Å². The summed E-state index contributed by atoms with van der Waals surface area (Å²) in [6.07, 6.45) is -2.01. The molecule has 0 spiro atoms. The number of ether oxygens (including phenoxy) is 1. The van der Waals surface area contributed by atoms with Crippen LogP contribution in [0.4, 0.5) is 5.95 Å². The summed E-state index contributed by atoms with van der Waals surface area (Å²) in [5.41, 5.74) is 11.0. The molecule has 7 N–H and O–H groups in total. The molecule has 0 aromatic carbocycles. The molecule has 114 valence electrons.